The third kappa shape index (κ3) is 3.63. The zero-order valence-corrected chi connectivity index (χ0v) is 18.8. The van der Waals surface area contributed by atoms with Gasteiger partial charge in [0.2, 0.25) is 0 Å². The van der Waals surface area contributed by atoms with Gasteiger partial charge in [0.15, 0.2) is 0 Å². The Bertz CT molecular complexity index is 1360. The molecule has 0 spiro atoms. The summed E-state index contributed by atoms with van der Waals surface area (Å²) in [5, 5.41) is 12.0. The SMILES string of the molecule is CN1CCN(c2ccc(-c3n[nH]c4cc(=O)n(-c5cccc6c5CCNC6)cc34)cc2)CC1. The number of rotatable bonds is 3. The van der Waals surface area contributed by atoms with Crippen LogP contribution in [0.15, 0.2) is 59.5 Å². The molecule has 168 valence electrons. The minimum atomic E-state index is -0.0463. The number of anilines is 1. The molecule has 1 fully saturated rings. The number of aromatic amines is 1. The Morgan fingerprint density at radius 2 is 1.82 bits per heavy atom. The number of aromatic nitrogens is 3. The van der Waals surface area contributed by atoms with Crippen molar-refractivity contribution in [3.63, 3.8) is 0 Å². The number of hydrogen-bond acceptors (Lipinski definition) is 5. The number of fused-ring (bicyclic) bond motifs is 2. The van der Waals surface area contributed by atoms with Crippen molar-refractivity contribution in [2.24, 2.45) is 0 Å². The number of H-pyrrole nitrogens is 1. The maximum Gasteiger partial charge on any atom is 0.257 e. The average molecular weight is 441 g/mol. The largest absolute Gasteiger partial charge is 0.369 e. The van der Waals surface area contributed by atoms with Crippen molar-refractivity contribution in [2.75, 3.05) is 44.7 Å². The molecule has 0 atom stereocenters. The van der Waals surface area contributed by atoms with Crippen LogP contribution in [-0.2, 0) is 13.0 Å². The number of benzene rings is 2. The highest BCUT2D eigenvalue weighted by atomic mass is 16.1. The number of piperazine rings is 1. The summed E-state index contributed by atoms with van der Waals surface area (Å²) in [4.78, 5) is 17.8. The molecule has 7 nitrogen and oxygen atoms in total. The molecule has 2 aliphatic rings. The van der Waals surface area contributed by atoms with Gasteiger partial charge in [-0.05, 0) is 49.3 Å². The van der Waals surface area contributed by atoms with E-state index in [0.29, 0.717) is 0 Å². The van der Waals surface area contributed by atoms with Crippen molar-refractivity contribution in [1.29, 1.82) is 0 Å². The fourth-order valence-corrected chi connectivity index (χ4v) is 5.03. The lowest BCUT2D eigenvalue weighted by atomic mass is 9.98. The molecule has 7 heteroatoms. The monoisotopic (exact) mass is 440 g/mol. The fraction of sp³-hybridized carbons (Fsp3) is 0.308. The van der Waals surface area contributed by atoms with Crippen molar-refractivity contribution in [1.82, 2.24) is 25.0 Å². The van der Waals surface area contributed by atoms with E-state index >= 15 is 0 Å². The maximum absolute atomic E-state index is 13.0. The summed E-state index contributed by atoms with van der Waals surface area (Å²) in [6, 6.07) is 16.5. The molecule has 4 aromatic rings. The molecule has 2 N–H and O–H groups in total. The third-order valence-electron chi connectivity index (χ3n) is 6.98. The van der Waals surface area contributed by atoms with Gasteiger partial charge in [0.1, 0.15) is 5.69 Å². The van der Waals surface area contributed by atoms with E-state index in [2.05, 4.69) is 62.7 Å². The van der Waals surface area contributed by atoms with Crippen LogP contribution in [0.2, 0.25) is 0 Å². The van der Waals surface area contributed by atoms with Crippen molar-refractivity contribution in [2.45, 2.75) is 13.0 Å². The van der Waals surface area contributed by atoms with Crippen molar-refractivity contribution < 1.29 is 0 Å². The molecule has 1 saturated heterocycles. The Balaban J connectivity index is 1.39. The van der Waals surface area contributed by atoms with Gasteiger partial charge in [-0.3, -0.25) is 14.5 Å². The van der Waals surface area contributed by atoms with Gasteiger partial charge in [-0.25, -0.2) is 0 Å². The van der Waals surface area contributed by atoms with Crippen LogP contribution in [-0.4, -0.2) is 59.4 Å². The van der Waals surface area contributed by atoms with E-state index in [-0.39, 0.29) is 5.56 Å². The fourth-order valence-electron chi connectivity index (χ4n) is 5.03. The minimum Gasteiger partial charge on any atom is -0.369 e. The predicted octanol–water partition coefficient (Wildman–Crippen LogP) is 2.78. The molecule has 0 unspecified atom stereocenters. The van der Waals surface area contributed by atoms with Crippen LogP contribution in [0.5, 0.6) is 0 Å². The quantitative estimate of drug-likeness (QED) is 0.513. The second-order valence-corrected chi connectivity index (χ2v) is 9.06. The van der Waals surface area contributed by atoms with E-state index in [1.54, 1.807) is 10.6 Å². The van der Waals surface area contributed by atoms with E-state index in [1.807, 2.05) is 18.3 Å². The lowest BCUT2D eigenvalue weighted by molar-refractivity contribution is 0.313. The first-order valence-corrected chi connectivity index (χ1v) is 11.6. The van der Waals surface area contributed by atoms with Crippen LogP contribution in [0.25, 0.3) is 27.8 Å². The number of nitrogens with zero attached hydrogens (tertiary/aromatic N) is 4. The molecule has 0 saturated carbocycles. The summed E-state index contributed by atoms with van der Waals surface area (Å²) in [6.07, 6.45) is 2.87. The zero-order chi connectivity index (χ0) is 22.4. The predicted molar refractivity (Wildman–Crippen MR) is 132 cm³/mol. The highest BCUT2D eigenvalue weighted by Gasteiger charge is 2.18. The molecule has 4 heterocycles. The smallest absolute Gasteiger partial charge is 0.257 e. The standard InChI is InChI=1S/C26H28N6O/c1-30-11-13-31(14-12-30)20-7-5-18(6-8-20)26-22-17-32(25(33)15-23(22)28-29-26)24-4-2-3-19-16-27-10-9-21(19)24/h2-8,15,17,27-28H,9-14,16H2,1H3. The molecule has 0 aliphatic carbocycles. The molecule has 2 aromatic heterocycles. The second kappa shape index (κ2) is 8.17. The average Bonchev–Trinajstić information content (AvgIpc) is 3.26. The topological polar surface area (TPSA) is 69.2 Å². The minimum absolute atomic E-state index is 0.0463. The first-order valence-electron chi connectivity index (χ1n) is 11.6. The Hall–Kier alpha value is -3.42. The molecular formula is C26H28N6O. The summed E-state index contributed by atoms with van der Waals surface area (Å²) in [5.74, 6) is 0. The van der Waals surface area contributed by atoms with Crippen LogP contribution < -0.4 is 15.8 Å². The molecule has 0 radical (unpaired) electrons. The van der Waals surface area contributed by atoms with Crippen LogP contribution in [0, 0.1) is 0 Å². The Kier molecular flexibility index (Phi) is 5.00. The summed E-state index contributed by atoms with van der Waals surface area (Å²) < 4.78 is 1.78. The van der Waals surface area contributed by atoms with Gasteiger partial charge in [0, 0.05) is 61.6 Å². The lowest BCUT2D eigenvalue weighted by Gasteiger charge is -2.34. The lowest BCUT2D eigenvalue weighted by Crippen LogP contribution is -2.44. The van der Waals surface area contributed by atoms with E-state index in [0.717, 1.165) is 73.5 Å². The molecular weight excluding hydrogens is 412 g/mol. The van der Waals surface area contributed by atoms with E-state index in [1.165, 1.54) is 16.8 Å². The molecule has 2 aliphatic heterocycles. The number of pyridine rings is 1. The Morgan fingerprint density at radius 3 is 2.64 bits per heavy atom. The van der Waals surface area contributed by atoms with Crippen LogP contribution in [0.3, 0.4) is 0 Å². The molecule has 0 bridgehead atoms. The highest BCUT2D eigenvalue weighted by molar-refractivity contribution is 5.92. The zero-order valence-electron chi connectivity index (χ0n) is 18.8. The molecule has 0 amide bonds. The van der Waals surface area contributed by atoms with E-state index in [9.17, 15) is 4.79 Å². The third-order valence-corrected chi connectivity index (χ3v) is 6.98. The van der Waals surface area contributed by atoms with Gasteiger partial charge in [0.25, 0.3) is 5.56 Å². The van der Waals surface area contributed by atoms with Crippen LogP contribution in [0.4, 0.5) is 5.69 Å². The molecule has 6 rings (SSSR count). The summed E-state index contributed by atoms with van der Waals surface area (Å²) >= 11 is 0. The van der Waals surface area contributed by atoms with Gasteiger partial charge in [-0.15, -0.1) is 0 Å². The normalized spacial score (nSPS) is 16.8. The van der Waals surface area contributed by atoms with Crippen LogP contribution >= 0.6 is 0 Å². The first kappa shape index (κ1) is 20.2. The number of nitrogens with one attached hydrogen (secondary N) is 2. The Morgan fingerprint density at radius 1 is 1.00 bits per heavy atom. The van der Waals surface area contributed by atoms with Crippen molar-refractivity contribution in [3.8, 4) is 16.9 Å². The van der Waals surface area contributed by atoms with Gasteiger partial charge >= 0.3 is 0 Å². The number of likely N-dealkylation sites (N-methyl/N-ethyl adjacent to an activating group) is 1. The van der Waals surface area contributed by atoms with Gasteiger partial charge in [0.05, 0.1) is 11.2 Å². The van der Waals surface area contributed by atoms with Crippen molar-refractivity contribution in [3.05, 3.63) is 76.2 Å². The molecule has 2 aromatic carbocycles. The summed E-state index contributed by atoms with van der Waals surface area (Å²) in [7, 11) is 2.17. The van der Waals surface area contributed by atoms with E-state index in [4.69, 9.17) is 0 Å². The number of hydrogen-bond donors (Lipinski definition) is 2. The first-order chi connectivity index (χ1) is 16.2. The maximum atomic E-state index is 13.0. The van der Waals surface area contributed by atoms with Crippen molar-refractivity contribution >= 4 is 16.6 Å². The van der Waals surface area contributed by atoms with Gasteiger partial charge in [-0.2, -0.15) is 5.10 Å². The van der Waals surface area contributed by atoms with E-state index < -0.39 is 0 Å². The summed E-state index contributed by atoms with van der Waals surface area (Å²) in [5.41, 5.74) is 7.36. The Labute approximate surface area is 192 Å². The molecule has 33 heavy (non-hydrogen) atoms. The second-order valence-electron chi connectivity index (χ2n) is 9.06. The highest BCUT2D eigenvalue weighted by Crippen LogP contribution is 2.29. The van der Waals surface area contributed by atoms with Gasteiger partial charge in [-0.1, -0.05) is 24.3 Å². The summed E-state index contributed by atoms with van der Waals surface area (Å²) in [6.45, 7) is 6.04. The van der Waals surface area contributed by atoms with Crippen LogP contribution in [0.1, 0.15) is 11.1 Å². The van der Waals surface area contributed by atoms with Gasteiger partial charge < -0.3 is 15.1 Å².